The second-order valence-corrected chi connectivity index (χ2v) is 14.2. The Kier molecular flexibility index (Phi) is 16.2. The topological polar surface area (TPSA) is 249 Å². The third-order valence-electron chi connectivity index (χ3n) is 8.88. The largest absolute Gasteiger partial charge is 0.508 e. The van der Waals surface area contributed by atoms with Gasteiger partial charge in [0.1, 0.15) is 41.7 Å². The Morgan fingerprint density at radius 3 is 1.35 bits per heavy atom. The second-order valence-electron chi connectivity index (χ2n) is 14.2. The molecule has 0 aliphatic carbocycles. The van der Waals surface area contributed by atoms with Crippen LogP contribution < -0.4 is 32.3 Å². The molecule has 55 heavy (non-hydrogen) atoms. The van der Waals surface area contributed by atoms with Crippen LogP contribution in [0, 0.1) is 11.8 Å². The van der Waals surface area contributed by atoms with Gasteiger partial charge in [-0.25, -0.2) is 0 Å². The van der Waals surface area contributed by atoms with Crippen molar-refractivity contribution in [2.24, 2.45) is 17.6 Å². The minimum atomic E-state index is -1.29. The van der Waals surface area contributed by atoms with Crippen LogP contribution in [0.4, 0.5) is 0 Å². The average molecular weight is 761 g/mol. The quantitative estimate of drug-likeness (QED) is 0.0847. The molecular weight excluding hydrogens is 708 g/mol. The second kappa shape index (κ2) is 20.5. The summed E-state index contributed by atoms with van der Waals surface area (Å²) in [4.78, 5) is 79.5. The van der Waals surface area contributed by atoms with Crippen molar-refractivity contribution >= 4 is 35.5 Å². The molecule has 3 aromatic carbocycles. The van der Waals surface area contributed by atoms with Crippen LogP contribution in [-0.4, -0.2) is 87.1 Å². The fourth-order valence-electron chi connectivity index (χ4n) is 5.60. The maximum atomic E-state index is 14.2. The molecule has 3 aromatic rings. The summed E-state index contributed by atoms with van der Waals surface area (Å²) in [7, 11) is 0. The fraction of sp³-hybridized carbons (Fsp3) is 0.400. The predicted octanol–water partition coefficient (Wildman–Crippen LogP) is 1.29. The minimum Gasteiger partial charge on any atom is -0.508 e. The normalized spacial score (nSPS) is 14.4. The fourth-order valence-corrected chi connectivity index (χ4v) is 5.60. The third-order valence-corrected chi connectivity index (χ3v) is 8.88. The van der Waals surface area contributed by atoms with E-state index in [0.29, 0.717) is 16.7 Å². The van der Waals surface area contributed by atoms with Crippen LogP contribution in [0.3, 0.4) is 0 Å². The molecule has 15 nitrogen and oxygen atoms in total. The number of amides is 5. The standard InChI is InChI=1S/C40H52N6O9/c1-22(2)33(38(52)42-24(5)40(54)55)46-37(51)32(21-27-13-17-29(48)18-14-27)43-36(50)31(20-25-9-7-6-8-10-25)44-39(53)34(23(3)4)45-35(49)30(41)19-26-11-15-28(47)16-12-26/h6-18,22-24,30-34,47-48H,19-21,41H2,1-5H3,(H,42,52)(H,43,50)(H,44,53)(H,45,49)(H,46,51)(H,54,55)/t24-,30+,31+,32+,33+,34+/m1/s1. The van der Waals surface area contributed by atoms with E-state index in [1.165, 1.54) is 31.2 Å². The number of rotatable bonds is 19. The lowest BCUT2D eigenvalue weighted by atomic mass is 9.98. The van der Waals surface area contributed by atoms with E-state index < -0.39 is 83.6 Å². The number of hydrogen-bond donors (Lipinski definition) is 9. The number of carbonyl (C=O) groups is 6. The van der Waals surface area contributed by atoms with Gasteiger partial charge in [-0.1, -0.05) is 82.3 Å². The molecule has 0 saturated heterocycles. The van der Waals surface area contributed by atoms with Crippen LogP contribution in [0.5, 0.6) is 11.5 Å². The SMILES string of the molecule is CC(C)[C@H](NC(=O)[C@H](Cc1ccc(O)cc1)NC(=O)[C@H](Cc1ccccc1)NC(=O)[C@@H](NC(=O)[C@@H](N)Cc1ccc(O)cc1)C(C)C)C(=O)N[C@H](C)C(=O)O. The van der Waals surface area contributed by atoms with Crippen LogP contribution in [0.1, 0.15) is 51.3 Å². The first-order valence-electron chi connectivity index (χ1n) is 18.0. The van der Waals surface area contributed by atoms with Crippen molar-refractivity contribution in [1.29, 1.82) is 0 Å². The highest BCUT2D eigenvalue weighted by molar-refractivity contribution is 5.96. The van der Waals surface area contributed by atoms with Crippen LogP contribution in [0.15, 0.2) is 78.9 Å². The first kappa shape index (κ1) is 43.4. The van der Waals surface area contributed by atoms with Gasteiger partial charge in [0.2, 0.25) is 29.5 Å². The monoisotopic (exact) mass is 760 g/mol. The highest BCUT2D eigenvalue weighted by atomic mass is 16.4. The van der Waals surface area contributed by atoms with Gasteiger partial charge < -0.3 is 47.6 Å². The number of phenolic OH excluding ortho intramolecular Hbond substituents is 2. The molecule has 0 spiro atoms. The van der Waals surface area contributed by atoms with Crippen LogP contribution in [0.2, 0.25) is 0 Å². The van der Waals surface area contributed by atoms with E-state index >= 15 is 0 Å². The lowest BCUT2D eigenvalue weighted by Crippen LogP contribution is -2.61. The van der Waals surface area contributed by atoms with E-state index in [0.717, 1.165) is 0 Å². The maximum Gasteiger partial charge on any atom is 0.325 e. The Morgan fingerprint density at radius 2 is 0.891 bits per heavy atom. The molecule has 0 saturated carbocycles. The first-order chi connectivity index (χ1) is 25.9. The number of phenols is 2. The number of hydrogen-bond acceptors (Lipinski definition) is 9. The lowest BCUT2D eigenvalue weighted by molar-refractivity contribution is -0.142. The minimum absolute atomic E-state index is 0.00912. The summed E-state index contributed by atoms with van der Waals surface area (Å²) in [5.74, 6) is -5.60. The smallest absolute Gasteiger partial charge is 0.325 e. The van der Waals surface area contributed by atoms with Crippen molar-refractivity contribution in [2.75, 3.05) is 0 Å². The molecule has 0 aliphatic heterocycles. The molecule has 0 unspecified atom stereocenters. The van der Waals surface area contributed by atoms with E-state index in [9.17, 15) is 44.1 Å². The highest BCUT2D eigenvalue weighted by Gasteiger charge is 2.34. The molecule has 0 fully saturated rings. The Labute approximate surface area is 320 Å². The molecule has 0 aromatic heterocycles. The molecule has 0 radical (unpaired) electrons. The zero-order chi connectivity index (χ0) is 40.8. The summed E-state index contributed by atoms with van der Waals surface area (Å²) in [6.07, 6.45) is 0.0700. The van der Waals surface area contributed by atoms with Crippen LogP contribution in [-0.2, 0) is 48.0 Å². The molecule has 296 valence electrons. The third kappa shape index (κ3) is 13.8. The van der Waals surface area contributed by atoms with Gasteiger partial charge in [0.25, 0.3) is 0 Å². The summed E-state index contributed by atoms with van der Waals surface area (Å²) in [5, 5.41) is 41.9. The maximum absolute atomic E-state index is 14.2. The van der Waals surface area contributed by atoms with Crippen molar-refractivity contribution < 1.29 is 44.1 Å². The molecule has 5 amide bonds. The molecule has 10 N–H and O–H groups in total. The van der Waals surface area contributed by atoms with E-state index in [4.69, 9.17) is 5.73 Å². The molecule has 0 heterocycles. The summed E-state index contributed by atoms with van der Waals surface area (Å²) in [6, 6.07) is 14.0. The van der Waals surface area contributed by atoms with Crippen molar-refractivity contribution in [2.45, 2.75) is 90.1 Å². The number of aromatic hydroxyl groups is 2. The van der Waals surface area contributed by atoms with Crippen molar-refractivity contribution in [3.8, 4) is 11.5 Å². The van der Waals surface area contributed by atoms with Gasteiger partial charge >= 0.3 is 5.97 Å². The predicted molar refractivity (Wildman–Crippen MR) is 204 cm³/mol. The molecule has 15 heteroatoms. The Morgan fingerprint density at radius 1 is 0.509 bits per heavy atom. The van der Waals surface area contributed by atoms with Crippen molar-refractivity contribution in [3.63, 3.8) is 0 Å². The van der Waals surface area contributed by atoms with E-state index in [2.05, 4.69) is 26.6 Å². The number of carboxylic acid groups (broad SMARTS) is 1. The zero-order valence-electron chi connectivity index (χ0n) is 31.6. The average Bonchev–Trinajstić information content (AvgIpc) is 3.13. The molecule has 0 aliphatic rings. The Bertz CT molecular complexity index is 1770. The highest BCUT2D eigenvalue weighted by Crippen LogP contribution is 2.15. The van der Waals surface area contributed by atoms with Crippen molar-refractivity contribution in [1.82, 2.24) is 26.6 Å². The summed E-state index contributed by atoms with van der Waals surface area (Å²) >= 11 is 0. The number of aliphatic carboxylic acids is 1. The Balaban J connectivity index is 1.88. The van der Waals surface area contributed by atoms with Gasteiger partial charge in [-0.3, -0.25) is 28.8 Å². The van der Waals surface area contributed by atoms with Crippen molar-refractivity contribution in [3.05, 3.63) is 95.6 Å². The van der Waals surface area contributed by atoms with Gasteiger partial charge in [0.05, 0.1) is 6.04 Å². The number of nitrogens with one attached hydrogen (secondary N) is 5. The van der Waals surface area contributed by atoms with Gasteiger partial charge in [-0.15, -0.1) is 0 Å². The van der Waals surface area contributed by atoms with Gasteiger partial charge in [0.15, 0.2) is 0 Å². The zero-order valence-corrected chi connectivity index (χ0v) is 31.6. The number of carbonyl (C=O) groups excluding carboxylic acids is 5. The van der Waals surface area contributed by atoms with Gasteiger partial charge in [-0.2, -0.15) is 0 Å². The number of benzene rings is 3. The molecule has 3 rings (SSSR count). The number of nitrogens with two attached hydrogens (primary N) is 1. The van der Waals surface area contributed by atoms with Crippen LogP contribution in [0.25, 0.3) is 0 Å². The molecular formula is C40H52N6O9. The Hall–Kier alpha value is -5.96. The van der Waals surface area contributed by atoms with E-state index in [1.54, 1.807) is 82.3 Å². The lowest BCUT2D eigenvalue weighted by Gasteiger charge is -2.29. The molecule has 0 bridgehead atoms. The summed E-state index contributed by atoms with van der Waals surface area (Å²) in [5.41, 5.74) is 8.12. The number of carboxylic acids is 1. The van der Waals surface area contributed by atoms with Gasteiger partial charge in [-0.05, 0) is 66.1 Å². The van der Waals surface area contributed by atoms with Gasteiger partial charge in [0, 0.05) is 12.8 Å². The first-order valence-corrected chi connectivity index (χ1v) is 18.0. The van der Waals surface area contributed by atoms with E-state index in [-0.39, 0.29) is 30.8 Å². The molecule has 6 atom stereocenters. The van der Waals surface area contributed by atoms with E-state index in [1.807, 2.05) is 0 Å². The summed E-state index contributed by atoms with van der Waals surface area (Å²) in [6.45, 7) is 8.06. The van der Waals surface area contributed by atoms with Crippen LogP contribution >= 0.6 is 0 Å². The summed E-state index contributed by atoms with van der Waals surface area (Å²) < 4.78 is 0.